The number of hydrogen-bond donors (Lipinski definition) is 1. The van der Waals surface area contributed by atoms with Crippen LogP contribution in [0.15, 0.2) is 70.3 Å². The highest BCUT2D eigenvalue weighted by atomic mass is 28.4. The van der Waals surface area contributed by atoms with E-state index in [1.807, 2.05) is 86.3 Å². The summed E-state index contributed by atoms with van der Waals surface area (Å²) >= 11 is 0. The predicted octanol–water partition coefficient (Wildman–Crippen LogP) is 7.99. The molecule has 0 fully saturated rings. The molecule has 2 unspecified atom stereocenters. The van der Waals surface area contributed by atoms with Crippen LogP contribution in [0.4, 0.5) is 18.0 Å². The molecule has 2 aromatic heterocycles. The van der Waals surface area contributed by atoms with Gasteiger partial charge in [-0.3, -0.25) is 32.7 Å². The van der Waals surface area contributed by atoms with Gasteiger partial charge < -0.3 is 33.6 Å². The van der Waals surface area contributed by atoms with Gasteiger partial charge in [0, 0.05) is 58.9 Å². The number of rotatable bonds is 8. The molecule has 0 spiro atoms. The smallest absolute Gasteiger partial charge is 0.444 e. The van der Waals surface area contributed by atoms with Gasteiger partial charge >= 0.3 is 23.6 Å². The Bertz CT molecular complexity index is 2800. The molecule has 4 aromatic rings. The molecule has 0 bridgehead atoms. The fourth-order valence-electron chi connectivity index (χ4n) is 8.95. The Morgan fingerprint density at radius 2 is 1.04 bits per heavy atom. The number of carbonyl (C=O) groups excluding carboxylic acids is 4. The summed E-state index contributed by atoms with van der Waals surface area (Å²) in [7, 11) is -4.27. The average Bonchev–Trinajstić information content (AvgIpc) is 3.63. The number of aromatic nitrogens is 4. The molecule has 6 heterocycles. The normalized spacial score (nSPS) is 18.5. The molecule has 0 aliphatic carbocycles. The molecule has 17 nitrogen and oxygen atoms in total. The summed E-state index contributed by atoms with van der Waals surface area (Å²) in [6.45, 7) is 32.6. The van der Waals surface area contributed by atoms with Crippen LogP contribution in [0.25, 0.3) is 0 Å². The van der Waals surface area contributed by atoms with E-state index in [9.17, 15) is 37.1 Å². The van der Waals surface area contributed by atoms with E-state index in [1.165, 1.54) is 0 Å². The van der Waals surface area contributed by atoms with Crippen molar-refractivity contribution in [2.75, 3.05) is 26.2 Å². The number of fused-ring (bicyclic) bond motifs is 6. The lowest BCUT2D eigenvalue weighted by Crippen LogP contribution is -2.48. The molecule has 2 aromatic carbocycles. The number of hydrogen-bond acceptors (Lipinski definition) is 10. The number of alkyl halides is 3. The number of carbonyl (C=O) groups is 4. The van der Waals surface area contributed by atoms with Gasteiger partial charge in [0.2, 0.25) is 6.29 Å². The number of benzene rings is 2. The van der Waals surface area contributed by atoms with Crippen LogP contribution in [0, 0.1) is 0 Å². The summed E-state index contributed by atoms with van der Waals surface area (Å²) in [5, 5.41) is 3.34. The fourth-order valence-corrected chi connectivity index (χ4v) is 11.6. The van der Waals surface area contributed by atoms with Gasteiger partial charge in [-0.2, -0.15) is 13.2 Å². The maximum absolute atomic E-state index is 14.1. The number of imidazole rings is 2. The predicted molar refractivity (Wildman–Crippen MR) is 284 cm³/mol. The van der Waals surface area contributed by atoms with Gasteiger partial charge in [0.25, 0.3) is 11.8 Å². The number of aldehydes is 1. The third-order valence-electron chi connectivity index (χ3n) is 14.8. The van der Waals surface area contributed by atoms with Gasteiger partial charge in [0.1, 0.15) is 17.0 Å². The standard InChI is InChI=1S/C28H42N4O5Si.C23H34N4O3Si.C2HF3O/c1-27(2,3)36-26(35)29-14-15-31-22(19-29)23-24(33)30(16-20-12-10-9-11-13-20)17-21(18-32(23)25(31)34)37-38(7,8)28(4,5)6;1-23(2,3)31(4,5)30-18-15-25(14-17-9-7-6-8-10-17)21(28)20-19-13-24-11-12-26(19)22(29)27(20)16-18;3-2(4,5)1-6/h9-13,21H,14-19H2,1-8H3;6-10,18,24H,11-16H2,1-5H3;1H. The molecule has 1 N–H and O–H groups in total. The lowest BCUT2D eigenvalue weighted by Gasteiger charge is -2.39. The van der Waals surface area contributed by atoms with Crippen LogP contribution < -0.4 is 16.7 Å². The maximum Gasteiger partial charge on any atom is 0.446 e. The van der Waals surface area contributed by atoms with E-state index < -0.39 is 40.8 Å². The second-order valence-electron chi connectivity index (χ2n) is 23.8. The molecule has 0 radical (unpaired) electrons. The van der Waals surface area contributed by atoms with Crippen molar-refractivity contribution in [3.05, 3.63) is 116 Å². The van der Waals surface area contributed by atoms with Crippen molar-refractivity contribution >= 4 is 40.8 Å². The second-order valence-corrected chi connectivity index (χ2v) is 33.3. The van der Waals surface area contributed by atoms with Crippen LogP contribution in [0.1, 0.15) is 106 Å². The molecule has 0 saturated carbocycles. The summed E-state index contributed by atoms with van der Waals surface area (Å²) in [6.07, 6.45) is -6.69. The van der Waals surface area contributed by atoms with Gasteiger partial charge in [-0.05, 0) is 68.2 Å². The van der Waals surface area contributed by atoms with Crippen molar-refractivity contribution in [3.8, 4) is 0 Å². The molecule has 0 saturated heterocycles. The van der Waals surface area contributed by atoms with Crippen molar-refractivity contribution in [1.82, 2.24) is 38.3 Å². The minimum absolute atomic E-state index is 0.0186. The molecule has 2 atom stereocenters. The van der Waals surface area contributed by atoms with E-state index in [1.54, 1.807) is 28.1 Å². The molecule has 8 rings (SSSR count). The highest BCUT2D eigenvalue weighted by Gasteiger charge is 2.45. The first-order valence-electron chi connectivity index (χ1n) is 25.6. The summed E-state index contributed by atoms with van der Waals surface area (Å²) < 4.78 is 57.0. The lowest BCUT2D eigenvalue weighted by molar-refractivity contribution is -0.156. The van der Waals surface area contributed by atoms with Crippen molar-refractivity contribution in [3.63, 3.8) is 0 Å². The Balaban J connectivity index is 0.000000223. The van der Waals surface area contributed by atoms with Gasteiger partial charge in [0.05, 0.1) is 43.2 Å². The number of nitrogens with one attached hydrogen (secondary N) is 1. The first-order valence-corrected chi connectivity index (χ1v) is 31.4. The van der Waals surface area contributed by atoms with Gasteiger partial charge in [-0.25, -0.2) is 14.4 Å². The molecule has 4 aliphatic rings. The van der Waals surface area contributed by atoms with E-state index in [0.29, 0.717) is 82.5 Å². The maximum atomic E-state index is 14.1. The largest absolute Gasteiger partial charge is 0.446 e. The van der Waals surface area contributed by atoms with Gasteiger partial charge in [-0.1, -0.05) is 102 Å². The molecule has 75 heavy (non-hydrogen) atoms. The zero-order valence-electron chi connectivity index (χ0n) is 45.9. The second kappa shape index (κ2) is 22.6. The topological polar surface area (TPSA) is 172 Å². The molecular formula is C53H77F3N8O9Si2. The van der Waals surface area contributed by atoms with Crippen LogP contribution in [-0.2, 0) is 70.7 Å². The Kier molecular flexibility index (Phi) is 17.7. The Hall–Kier alpha value is -5.56. The quantitative estimate of drug-likeness (QED) is 0.135. The molecule has 412 valence electrons. The van der Waals surface area contributed by atoms with Crippen LogP contribution in [-0.4, -0.2) is 124 Å². The highest BCUT2D eigenvalue weighted by Crippen LogP contribution is 2.39. The number of halogens is 3. The van der Waals surface area contributed by atoms with Crippen LogP contribution in [0.2, 0.25) is 36.3 Å². The monoisotopic (exact) mass is 1080 g/mol. The SMILES string of the molecule is CC(C)(C)OC(=O)N1CCn2c(c3n(c2=O)CC(O[Si](C)(C)C(C)(C)C)CN(Cc2ccccc2)C3=O)C1.CC(C)(C)[Si](C)(C)OC1CN(Cc2ccccc2)C(=O)c2c3n(c(=O)n2C1)CCNC3.O=CC(F)(F)F. The molecule has 4 aliphatic heterocycles. The lowest BCUT2D eigenvalue weighted by atomic mass is 10.2. The first kappa shape index (κ1) is 58.7. The Labute approximate surface area is 440 Å². The van der Waals surface area contributed by atoms with Crippen LogP contribution in [0.5, 0.6) is 0 Å². The minimum Gasteiger partial charge on any atom is -0.444 e. The average molecular weight is 1080 g/mol. The van der Waals surface area contributed by atoms with Gasteiger partial charge in [-0.15, -0.1) is 0 Å². The van der Waals surface area contributed by atoms with Crippen molar-refractivity contribution in [1.29, 1.82) is 0 Å². The third kappa shape index (κ3) is 14.1. The molecular weight excluding hydrogens is 1010 g/mol. The number of amides is 3. The fraction of sp³-hybridized carbons (Fsp3) is 0.585. The van der Waals surface area contributed by atoms with Crippen LogP contribution >= 0.6 is 0 Å². The number of ether oxygens (including phenoxy) is 1. The summed E-state index contributed by atoms with van der Waals surface area (Å²) in [5.41, 5.74) is 3.35. The van der Waals surface area contributed by atoms with E-state index in [-0.39, 0.29) is 52.0 Å². The van der Waals surface area contributed by atoms with E-state index in [0.717, 1.165) is 23.4 Å². The van der Waals surface area contributed by atoms with E-state index >= 15 is 0 Å². The Morgan fingerprint density at radius 1 is 0.627 bits per heavy atom. The molecule has 3 amide bonds. The highest BCUT2D eigenvalue weighted by molar-refractivity contribution is 6.74. The van der Waals surface area contributed by atoms with Gasteiger partial charge in [0.15, 0.2) is 16.6 Å². The zero-order valence-corrected chi connectivity index (χ0v) is 47.9. The Morgan fingerprint density at radius 3 is 1.44 bits per heavy atom. The van der Waals surface area contributed by atoms with E-state index in [4.69, 9.17) is 18.4 Å². The molecule has 22 heteroatoms. The van der Waals surface area contributed by atoms with Crippen molar-refractivity contribution in [2.45, 2.75) is 175 Å². The van der Waals surface area contributed by atoms with Crippen molar-refractivity contribution in [2.24, 2.45) is 0 Å². The minimum atomic E-state index is -4.64. The number of nitrogens with zero attached hydrogens (tertiary/aromatic N) is 7. The summed E-state index contributed by atoms with van der Waals surface area (Å²) in [5.74, 6) is -0.299. The van der Waals surface area contributed by atoms with E-state index in [2.05, 4.69) is 73.0 Å². The summed E-state index contributed by atoms with van der Waals surface area (Å²) in [4.78, 5) is 81.4. The summed E-state index contributed by atoms with van der Waals surface area (Å²) in [6, 6.07) is 19.9. The van der Waals surface area contributed by atoms with Crippen LogP contribution in [0.3, 0.4) is 0 Å². The third-order valence-corrected chi connectivity index (χ3v) is 23.8. The van der Waals surface area contributed by atoms with Crippen molar-refractivity contribution < 1.29 is 45.9 Å². The first-order chi connectivity index (χ1) is 34.7. The zero-order chi connectivity index (χ0) is 55.6.